The lowest BCUT2D eigenvalue weighted by Crippen LogP contribution is -2.01. The van der Waals surface area contributed by atoms with Gasteiger partial charge in [-0.1, -0.05) is 29.3 Å². The molecule has 0 aromatic heterocycles. The van der Waals surface area contributed by atoms with Gasteiger partial charge in [-0.25, -0.2) is 4.79 Å². The fourth-order valence-corrected chi connectivity index (χ4v) is 3.49. The summed E-state index contributed by atoms with van der Waals surface area (Å²) >= 11 is 18.5. The zero-order chi connectivity index (χ0) is 15.6. The molecule has 0 aliphatic carbocycles. The zero-order valence-electron chi connectivity index (χ0n) is 10.4. The Morgan fingerprint density at radius 3 is 2.29 bits per heavy atom. The number of hydrogen-bond donors (Lipinski definition) is 1. The Morgan fingerprint density at radius 2 is 1.76 bits per heavy atom. The molecule has 0 bridgehead atoms. The Hall–Kier alpha value is -0.750. The first-order valence-electron chi connectivity index (χ1n) is 5.67. The normalized spacial score (nSPS) is 10.5. The van der Waals surface area contributed by atoms with E-state index in [1.54, 1.807) is 18.2 Å². The van der Waals surface area contributed by atoms with Gasteiger partial charge in [-0.05, 0) is 56.1 Å². The predicted octanol–water partition coefficient (Wildman–Crippen LogP) is 5.80. The first kappa shape index (κ1) is 16.6. The highest BCUT2D eigenvalue weighted by Crippen LogP contribution is 2.35. The summed E-state index contributed by atoms with van der Waals surface area (Å²) in [5, 5.41) is 10.0. The van der Waals surface area contributed by atoms with Crippen LogP contribution in [0.25, 0.3) is 0 Å². The van der Waals surface area contributed by atoms with Crippen molar-refractivity contribution in [3.63, 3.8) is 0 Å². The maximum Gasteiger partial charge on any atom is 0.335 e. The van der Waals surface area contributed by atoms with Crippen molar-refractivity contribution in [3.05, 3.63) is 60.4 Å². The Morgan fingerprint density at radius 1 is 1.14 bits per heavy atom. The molecule has 0 unspecified atom stereocenters. The average molecular weight is 455 g/mol. The lowest BCUT2D eigenvalue weighted by Gasteiger charge is -2.12. The molecule has 2 aromatic carbocycles. The summed E-state index contributed by atoms with van der Waals surface area (Å²) in [6.45, 7) is 0.236. The molecular formula is C14H8Br2Cl2O3. The van der Waals surface area contributed by atoms with Crippen molar-refractivity contribution in [2.75, 3.05) is 0 Å². The number of benzene rings is 2. The third-order valence-electron chi connectivity index (χ3n) is 2.63. The minimum absolute atomic E-state index is 0.158. The largest absolute Gasteiger partial charge is 0.486 e. The first-order valence-corrected chi connectivity index (χ1v) is 8.01. The molecule has 0 spiro atoms. The fourth-order valence-electron chi connectivity index (χ4n) is 1.61. The van der Waals surface area contributed by atoms with E-state index in [1.807, 2.05) is 0 Å². The molecule has 0 heterocycles. The van der Waals surface area contributed by atoms with Gasteiger partial charge >= 0.3 is 5.97 Å². The monoisotopic (exact) mass is 452 g/mol. The maximum absolute atomic E-state index is 11.0. The van der Waals surface area contributed by atoms with Crippen LogP contribution < -0.4 is 4.74 Å². The Kier molecular flexibility index (Phi) is 5.54. The molecule has 0 atom stereocenters. The van der Waals surface area contributed by atoms with Crippen LogP contribution in [0.15, 0.2) is 39.3 Å². The molecule has 110 valence electrons. The highest BCUT2D eigenvalue weighted by atomic mass is 79.9. The summed E-state index contributed by atoms with van der Waals surface area (Å²) < 4.78 is 6.78. The second kappa shape index (κ2) is 7.01. The van der Waals surface area contributed by atoms with Gasteiger partial charge in [0.2, 0.25) is 0 Å². The van der Waals surface area contributed by atoms with Gasteiger partial charge in [0.15, 0.2) is 0 Å². The molecule has 0 saturated heterocycles. The third kappa shape index (κ3) is 4.13. The summed E-state index contributed by atoms with van der Waals surface area (Å²) in [4.78, 5) is 11.0. The van der Waals surface area contributed by atoms with Crippen LogP contribution in [-0.4, -0.2) is 11.1 Å². The molecule has 0 aliphatic rings. The van der Waals surface area contributed by atoms with Crippen LogP contribution in [0.3, 0.4) is 0 Å². The van der Waals surface area contributed by atoms with Crippen molar-refractivity contribution in [2.45, 2.75) is 6.61 Å². The van der Waals surface area contributed by atoms with Crippen LogP contribution in [0, 0.1) is 0 Å². The van der Waals surface area contributed by atoms with Gasteiger partial charge in [0.1, 0.15) is 12.4 Å². The van der Waals surface area contributed by atoms with E-state index in [4.69, 9.17) is 33.0 Å². The molecule has 0 aliphatic heterocycles. The quantitative estimate of drug-likeness (QED) is 0.635. The number of rotatable bonds is 4. The van der Waals surface area contributed by atoms with E-state index in [9.17, 15) is 4.79 Å². The minimum atomic E-state index is -1.01. The summed E-state index contributed by atoms with van der Waals surface area (Å²) in [5.41, 5.74) is 0.938. The highest BCUT2D eigenvalue weighted by molar-refractivity contribution is 9.11. The first-order chi connectivity index (χ1) is 9.88. The zero-order valence-corrected chi connectivity index (χ0v) is 15.1. The summed E-state index contributed by atoms with van der Waals surface area (Å²) in [5.74, 6) is -0.505. The minimum Gasteiger partial charge on any atom is -0.486 e. The van der Waals surface area contributed by atoms with Crippen LogP contribution in [0.2, 0.25) is 10.0 Å². The molecule has 0 fully saturated rings. The van der Waals surface area contributed by atoms with Gasteiger partial charge < -0.3 is 9.84 Å². The number of carboxylic acid groups (broad SMARTS) is 1. The average Bonchev–Trinajstić information content (AvgIpc) is 2.39. The van der Waals surface area contributed by atoms with E-state index in [1.165, 1.54) is 12.1 Å². The molecular weight excluding hydrogens is 447 g/mol. The molecule has 3 nitrogen and oxygen atoms in total. The van der Waals surface area contributed by atoms with Crippen LogP contribution in [0.4, 0.5) is 0 Å². The van der Waals surface area contributed by atoms with E-state index >= 15 is 0 Å². The summed E-state index contributed by atoms with van der Waals surface area (Å²) in [7, 11) is 0. The molecule has 0 radical (unpaired) electrons. The van der Waals surface area contributed by atoms with Gasteiger partial charge in [0.25, 0.3) is 0 Å². The second-order valence-electron chi connectivity index (χ2n) is 4.10. The van der Waals surface area contributed by atoms with Crippen LogP contribution in [0.1, 0.15) is 15.9 Å². The van der Waals surface area contributed by atoms with Gasteiger partial charge in [0, 0.05) is 15.6 Å². The SMILES string of the molecule is O=C(O)c1cc(Br)c(OCc2ccc(Cl)cc2Cl)c(Br)c1. The number of halogens is 4. The Bertz CT molecular complexity index is 682. The van der Waals surface area contributed by atoms with E-state index < -0.39 is 5.97 Å². The number of aromatic carboxylic acids is 1. The van der Waals surface area contributed by atoms with Gasteiger partial charge in [-0.2, -0.15) is 0 Å². The fraction of sp³-hybridized carbons (Fsp3) is 0.0714. The summed E-state index contributed by atoms with van der Waals surface area (Å²) in [6.07, 6.45) is 0. The standard InChI is InChI=1S/C14H8Br2Cl2O3/c15-10-3-8(14(19)20)4-11(16)13(10)21-6-7-1-2-9(17)5-12(7)18/h1-5H,6H2,(H,19,20). The van der Waals surface area contributed by atoms with E-state index in [2.05, 4.69) is 31.9 Å². The van der Waals surface area contributed by atoms with Crippen LogP contribution in [-0.2, 0) is 6.61 Å². The van der Waals surface area contributed by atoms with Crippen molar-refractivity contribution in [1.29, 1.82) is 0 Å². The van der Waals surface area contributed by atoms with Crippen molar-refractivity contribution < 1.29 is 14.6 Å². The number of hydrogen-bond acceptors (Lipinski definition) is 2. The number of ether oxygens (including phenoxy) is 1. The Balaban J connectivity index is 2.22. The smallest absolute Gasteiger partial charge is 0.335 e. The van der Waals surface area contributed by atoms with Gasteiger partial charge in [-0.15, -0.1) is 0 Å². The second-order valence-corrected chi connectivity index (χ2v) is 6.65. The maximum atomic E-state index is 11.0. The molecule has 7 heteroatoms. The topological polar surface area (TPSA) is 46.5 Å². The molecule has 2 rings (SSSR count). The number of carbonyl (C=O) groups is 1. The van der Waals surface area contributed by atoms with Crippen LogP contribution >= 0.6 is 55.1 Å². The van der Waals surface area contributed by atoms with Gasteiger partial charge in [0.05, 0.1) is 14.5 Å². The summed E-state index contributed by atoms with van der Waals surface area (Å²) in [6, 6.07) is 8.10. The molecule has 0 amide bonds. The van der Waals surface area contributed by atoms with E-state index in [0.29, 0.717) is 24.7 Å². The highest BCUT2D eigenvalue weighted by Gasteiger charge is 2.13. The van der Waals surface area contributed by atoms with E-state index in [-0.39, 0.29) is 12.2 Å². The van der Waals surface area contributed by atoms with Crippen molar-refractivity contribution >= 4 is 61.0 Å². The van der Waals surface area contributed by atoms with Crippen molar-refractivity contribution in [3.8, 4) is 5.75 Å². The predicted molar refractivity (Wildman–Crippen MR) is 89.6 cm³/mol. The van der Waals surface area contributed by atoms with E-state index in [0.717, 1.165) is 5.56 Å². The lowest BCUT2D eigenvalue weighted by atomic mass is 10.2. The molecule has 1 N–H and O–H groups in total. The molecule has 2 aromatic rings. The lowest BCUT2D eigenvalue weighted by molar-refractivity contribution is 0.0696. The number of carboxylic acids is 1. The molecule has 21 heavy (non-hydrogen) atoms. The van der Waals surface area contributed by atoms with Crippen molar-refractivity contribution in [2.24, 2.45) is 0 Å². The Labute approximate surface area is 148 Å². The molecule has 0 saturated carbocycles. The van der Waals surface area contributed by atoms with Crippen LogP contribution in [0.5, 0.6) is 5.75 Å². The van der Waals surface area contributed by atoms with Crippen molar-refractivity contribution in [1.82, 2.24) is 0 Å². The third-order valence-corrected chi connectivity index (χ3v) is 4.40. The van der Waals surface area contributed by atoms with Gasteiger partial charge in [-0.3, -0.25) is 0 Å².